The van der Waals surface area contributed by atoms with Crippen molar-refractivity contribution in [1.82, 2.24) is 19.5 Å². The first kappa shape index (κ1) is 28.3. The molecule has 1 unspecified atom stereocenters. The van der Waals surface area contributed by atoms with Crippen molar-refractivity contribution in [3.63, 3.8) is 0 Å². The first-order valence-corrected chi connectivity index (χ1v) is 14.8. The maximum Gasteiger partial charge on any atom is 0.413 e. The van der Waals surface area contributed by atoms with E-state index in [0.29, 0.717) is 31.1 Å². The minimum atomic E-state index is -1.59. The van der Waals surface area contributed by atoms with Gasteiger partial charge in [0.05, 0.1) is 19.0 Å². The fourth-order valence-electron chi connectivity index (χ4n) is 8.07. The van der Waals surface area contributed by atoms with Crippen molar-refractivity contribution in [1.29, 1.82) is 0 Å². The van der Waals surface area contributed by atoms with Gasteiger partial charge in [-0.3, -0.25) is 9.88 Å². The Bertz CT molecular complexity index is 1300. The predicted molar refractivity (Wildman–Crippen MR) is 139 cm³/mol. The minimum Gasteiger partial charge on any atom is -0.446 e. The number of nitrogens with zero attached hydrogens (tertiary/aromatic N) is 4. The Balaban J connectivity index is 0.987. The number of ether oxygens (including phenoxy) is 2. The number of halogens is 1. The summed E-state index contributed by atoms with van der Waals surface area (Å²) >= 11 is 0. The molecule has 3 heterocycles. The first-order valence-electron chi connectivity index (χ1n) is 14.8. The van der Waals surface area contributed by atoms with Gasteiger partial charge in [-0.15, -0.1) is 0 Å². The highest BCUT2D eigenvalue weighted by atomic mass is 19.1. The quantitative estimate of drug-likeness (QED) is 0.135. The highest BCUT2D eigenvalue weighted by molar-refractivity contribution is 5.93. The topological polar surface area (TPSA) is 191 Å². The Morgan fingerprint density at radius 3 is 2.57 bits per heavy atom. The number of carbonyl (C=O) groups is 1. The summed E-state index contributed by atoms with van der Waals surface area (Å²) < 4.78 is 26.6. The summed E-state index contributed by atoms with van der Waals surface area (Å²) in [5, 5.41) is 43.4. The van der Waals surface area contributed by atoms with E-state index in [1.807, 2.05) is 0 Å². The van der Waals surface area contributed by atoms with Crippen molar-refractivity contribution in [2.24, 2.45) is 23.7 Å². The van der Waals surface area contributed by atoms with Crippen LogP contribution >= 0.6 is 0 Å². The Morgan fingerprint density at radius 1 is 1.14 bits per heavy atom. The average Bonchev–Trinajstić information content (AvgIpc) is 3.48. The van der Waals surface area contributed by atoms with E-state index in [0.717, 1.165) is 37.5 Å². The number of fused-ring (bicyclic) bond motifs is 1. The molecule has 230 valence electrons. The van der Waals surface area contributed by atoms with Crippen LogP contribution in [0.2, 0.25) is 0 Å². The van der Waals surface area contributed by atoms with Crippen LogP contribution in [0.3, 0.4) is 0 Å². The van der Waals surface area contributed by atoms with Gasteiger partial charge in [0, 0.05) is 12.8 Å². The Labute approximate surface area is 240 Å². The number of carbonyl (C=O) groups excluding carboxylic acids is 1. The van der Waals surface area contributed by atoms with Crippen molar-refractivity contribution in [2.75, 3.05) is 11.9 Å². The largest absolute Gasteiger partial charge is 0.446 e. The zero-order valence-corrected chi connectivity index (χ0v) is 22.9. The van der Waals surface area contributed by atoms with Gasteiger partial charge in [-0.1, -0.05) is 0 Å². The van der Waals surface area contributed by atoms with Crippen LogP contribution in [-0.2, 0) is 19.2 Å². The molecule has 5 N–H and O–H groups in total. The van der Waals surface area contributed by atoms with Crippen molar-refractivity contribution in [3.8, 4) is 0 Å². The van der Waals surface area contributed by atoms with Gasteiger partial charge in [-0.2, -0.15) is 14.4 Å². The van der Waals surface area contributed by atoms with Gasteiger partial charge in [0.25, 0.3) is 0 Å². The van der Waals surface area contributed by atoms with Gasteiger partial charge in [-0.05, 0) is 68.6 Å². The van der Waals surface area contributed by atoms with Gasteiger partial charge in [0.1, 0.15) is 24.4 Å². The zero-order chi connectivity index (χ0) is 29.2. The lowest BCUT2D eigenvalue weighted by Crippen LogP contribution is -2.51. The number of anilines is 1. The highest BCUT2D eigenvalue weighted by Crippen LogP contribution is 2.55. The first-order chi connectivity index (χ1) is 20.2. The van der Waals surface area contributed by atoms with Crippen LogP contribution in [0.4, 0.5) is 15.0 Å². The molecule has 5 aliphatic carbocycles. The maximum atomic E-state index is 14.4. The third-order valence-corrected chi connectivity index (χ3v) is 9.77. The summed E-state index contributed by atoms with van der Waals surface area (Å²) in [5.74, 6) is 0.627. The molecule has 1 saturated heterocycles. The second kappa shape index (κ2) is 10.9. The lowest BCUT2D eigenvalue weighted by molar-refractivity contribution is -0.461. The molecule has 6 fully saturated rings. The summed E-state index contributed by atoms with van der Waals surface area (Å²) in [7, 11) is 0. The van der Waals surface area contributed by atoms with Crippen molar-refractivity contribution >= 4 is 23.1 Å². The fourth-order valence-corrected chi connectivity index (χ4v) is 8.07. The second-order valence-electron chi connectivity index (χ2n) is 12.7. The number of hydrogen-bond donors (Lipinski definition) is 5. The molecule has 0 aromatic carbocycles. The monoisotopic (exact) mass is 593 g/mol. The molecule has 1 amide bonds. The van der Waals surface area contributed by atoms with Gasteiger partial charge in [-0.25, -0.2) is 19.6 Å². The second-order valence-corrected chi connectivity index (χ2v) is 12.7. The summed E-state index contributed by atoms with van der Waals surface area (Å²) in [4.78, 5) is 35.9. The average molecular weight is 594 g/mol. The smallest absolute Gasteiger partial charge is 0.413 e. The molecule has 14 nitrogen and oxygen atoms in total. The van der Waals surface area contributed by atoms with E-state index in [4.69, 9.17) is 19.2 Å². The van der Waals surface area contributed by atoms with E-state index in [-0.39, 0.29) is 29.5 Å². The van der Waals surface area contributed by atoms with Crippen LogP contribution in [-0.4, -0.2) is 89.0 Å². The molecule has 0 radical (unpaired) electrons. The summed E-state index contributed by atoms with van der Waals surface area (Å²) in [6, 6.07) is 0. The molecule has 6 aliphatic rings. The van der Waals surface area contributed by atoms with Crippen molar-refractivity contribution in [3.05, 3.63) is 12.4 Å². The van der Waals surface area contributed by atoms with Crippen molar-refractivity contribution in [2.45, 2.75) is 100 Å². The van der Waals surface area contributed by atoms with E-state index < -0.39 is 55.2 Å². The summed E-state index contributed by atoms with van der Waals surface area (Å²) in [6.07, 6.45) is 0.596. The molecular formula is C27H36FN5O9. The van der Waals surface area contributed by atoms with Gasteiger partial charge in [0.2, 0.25) is 5.79 Å². The molecule has 4 bridgehead atoms. The molecule has 42 heavy (non-hydrogen) atoms. The lowest BCUT2D eigenvalue weighted by atomic mass is 9.55. The Morgan fingerprint density at radius 2 is 1.88 bits per heavy atom. The fraction of sp³-hybridized carbons (Fsp3) is 0.778. The van der Waals surface area contributed by atoms with Crippen LogP contribution in [0, 0.1) is 29.7 Å². The standard InChI is InChI=1S/C27H36FN5O9/c28-25-30-22(18-23(32-25)33(11-29-18)24-20(36)19(35)17(10-34)40-24)31-26(37)39-16-2-1-3-27(38,9-16)42-41-21-14-5-12-4-13(7-14)8-15(21)6-12/h11-17,19-21,24,34-36,38H,1-10H2,(H,30,31,32,37)/t12?,13?,14?,15?,16?,17-,19-,20+,21?,24-,27-/m1/s1. The zero-order valence-electron chi connectivity index (χ0n) is 22.9. The number of hydrogen-bond acceptors (Lipinski definition) is 12. The summed E-state index contributed by atoms with van der Waals surface area (Å²) in [6.45, 7) is -0.542. The highest BCUT2D eigenvalue weighted by Gasteiger charge is 2.51. The normalized spacial score (nSPS) is 41.0. The maximum absolute atomic E-state index is 14.4. The van der Waals surface area contributed by atoms with Crippen LogP contribution in [0.15, 0.2) is 6.33 Å². The van der Waals surface area contributed by atoms with E-state index in [2.05, 4.69) is 20.3 Å². The van der Waals surface area contributed by atoms with E-state index in [1.54, 1.807) is 0 Å². The van der Waals surface area contributed by atoms with Crippen LogP contribution < -0.4 is 5.32 Å². The van der Waals surface area contributed by atoms with Gasteiger partial charge >= 0.3 is 12.2 Å². The lowest BCUT2D eigenvalue weighted by Gasteiger charge is -2.53. The SMILES string of the molecule is O=C(Nc1nc(F)nc2c1ncn2[C@@H]1O[C@H](CO)[C@@H](O)[C@@H]1O)OC1CCC[C@@](O)(OOC2C3CC4CC(C3)CC2C4)C1. The van der Waals surface area contributed by atoms with E-state index in [1.165, 1.54) is 17.3 Å². The van der Waals surface area contributed by atoms with Crippen LogP contribution in [0.5, 0.6) is 0 Å². The molecule has 6 atom stereocenters. The number of rotatable bonds is 7. The Hall–Kier alpha value is -2.53. The van der Waals surface area contributed by atoms with E-state index in [9.17, 15) is 29.6 Å². The molecular weight excluding hydrogens is 557 g/mol. The number of amides is 1. The number of nitrogens with one attached hydrogen (secondary N) is 1. The van der Waals surface area contributed by atoms with E-state index >= 15 is 0 Å². The van der Waals surface area contributed by atoms with Gasteiger partial charge in [0.15, 0.2) is 23.2 Å². The molecule has 1 aliphatic heterocycles. The Kier molecular flexibility index (Phi) is 7.32. The van der Waals surface area contributed by atoms with Gasteiger partial charge < -0.3 is 29.9 Å². The number of aliphatic hydroxyl groups is 4. The predicted octanol–water partition coefficient (Wildman–Crippen LogP) is 1.53. The van der Waals surface area contributed by atoms with Crippen molar-refractivity contribution < 1.29 is 48.9 Å². The molecule has 2 aromatic rings. The summed E-state index contributed by atoms with van der Waals surface area (Å²) in [5.41, 5.74) is -0.131. The number of aliphatic hydroxyl groups excluding tert-OH is 3. The van der Waals surface area contributed by atoms with Crippen LogP contribution in [0.1, 0.15) is 64.0 Å². The molecule has 5 saturated carbocycles. The molecule has 8 rings (SSSR count). The van der Waals surface area contributed by atoms with Crippen LogP contribution in [0.25, 0.3) is 11.2 Å². The molecule has 15 heteroatoms. The number of aromatic nitrogens is 4. The number of imidazole rings is 1. The molecule has 0 spiro atoms. The minimum absolute atomic E-state index is 0.0150. The third kappa shape index (κ3) is 5.14. The third-order valence-electron chi connectivity index (χ3n) is 9.77. The molecule has 2 aromatic heterocycles.